The van der Waals surface area contributed by atoms with Crippen LogP contribution in [0.25, 0.3) is 22.5 Å². The van der Waals surface area contributed by atoms with Crippen molar-refractivity contribution in [1.82, 2.24) is 20.6 Å². The second-order valence-electron chi connectivity index (χ2n) is 10.8. The molecule has 0 unspecified atom stereocenters. The molecule has 2 aromatic heterocycles. The van der Waals surface area contributed by atoms with Gasteiger partial charge in [-0.3, -0.25) is 0 Å². The van der Waals surface area contributed by atoms with E-state index in [0.717, 1.165) is 19.4 Å². The van der Waals surface area contributed by atoms with Crippen molar-refractivity contribution in [3.05, 3.63) is 93.3 Å². The molecule has 4 nitrogen and oxygen atoms in total. The number of hydrogen-bond donors (Lipinski definition) is 4. The van der Waals surface area contributed by atoms with Gasteiger partial charge in [-0.2, -0.15) is 0 Å². The van der Waals surface area contributed by atoms with Crippen molar-refractivity contribution in [3.63, 3.8) is 0 Å². The van der Waals surface area contributed by atoms with Crippen LogP contribution in [-0.2, 0) is 12.8 Å². The highest BCUT2D eigenvalue weighted by atomic mass is 15.0. The molecule has 0 radical (unpaired) electrons. The van der Waals surface area contributed by atoms with Gasteiger partial charge >= 0.3 is 0 Å². The predicted molar refractivity (Wildman–Crippen MR) is 154 cm³/mol. The summed E-state index contributed by atoms with van der Waals surface area (Å²) in [5.41, 5.74) is 15.3. The van der Waals surface area contributed by atoms with Crippen molar-refractivity contribution in [2.45, 2.75) is 59.9 Å². The van der Waals surface area contributed by atoms with E-state index in [-0.39, 0.29) is 5.54 Å². The van der Waals surface area contributed by atoms with E-state index in [1.165, 1.54) is 67.3 Å². The minimum atomic E-state index is -0.131. The number of likely N-dealkylation sites (N-methyl/N-ethyl adjacent to an activating group) is 2. The zero-order chi connectivity index (χ0) is 26.0. The lowest BCUT2D eigenvalue weighted by Crippen LogP contribution is -2.54. The molecular weight excluding hydrogens is 440 g/mol. The van der Waals surface area contributed by atoms with Crippen LogP contribution in [0.2, 0.25) is 0 Å². The third-order valence-electron chi connectivity index (χ3n) is 7.49. The number of aryl methyl sites for hydroxylation is 6. The van der Waals surface area contributed by atoms with E-state index in [9.17, 15) is 0 Å². The molecule has 4 aromatic rings. The van der Waals surface area contributed by atoms with Gasteiger partial charge in [0, 0.05) is 58.8 Å². The van der Waals surface area contributed by atoms with Gasteiger partial charge in [0.25, 0.3) is 0 Å². The van der Waals surface area contributed by atoms with E-state index in [1.54, 1.807) is 0 Å². The summed E-state index contributed by atoms with van der Waals surface area (Å²) >= 11 is 0. The van der Waals surface area contributed by atoms with Crippen LogP contribution in [-0.4, -0.2) is 36.1 Å². The molecule has 4 heteroatoms. The monoisotopic (exact) mass is 482 g/mol. The fraction of sp³-hybridized carbons (Fsp3) is 0.375. The molecule has 0 aliphatic carbocycles. The smallest absolute Gasteiger partial charge is 0.0461 e. The normalized spacial score (nSPS) is 11.9. The first-order valence-corrected chi connectivity index (χ1v) is 13.0. The largest absolute Gasteiger partial charge is 0.358 e. The highest BCUT2D eigenvalue weighted by molar-refractivity contribution is 5.69. The standard InChI is InChI=1S/C32H42N4/c1-20-13-22(3)30(23(4)14-20)28-11-9-26(35-28)17-32(34-8,19-33-7)18-27-10-12-29(36-27)31-24(5)15-21(2)16-25(31)6/h9-16,33-36H,17-19H2,1-8H3. The molecular formula is C32H42N4. The van der Waals surface area contributed by atoms with E-state index in [1.807, 2.05) is 7.05 Å². The third-order valence-corrected chi connectivity index (χ3v) is 7.49. The molecule has 0 saturated carbocycles. The Labute approximate surface area is 217 Å². The Morgan fingerprint density at radius 1 is 0.611 bits per heavy atom. The number of aromatic amines is 2. The summed E-state index contributed by atoms with van der Waals surface area (Å²) in [6.45, 7) is 14.0. The van der Waals surface area contributed by atoms with Gasteiger partial charge < -0.3 is 20.6 Å². The average molecular weight is 483 g/mol. The van der Waals surface area contributed by atoms with Crippen molar-refractivity contribution >= 4 is 0 Å². The highest BCUT2D eigenvalue weighted by Crippen LogP contribution is 2.31. The molecule has 36 heavy (non-hydrogen) atoms. The number of H-pyrrole nitrogens is 2. The molecule has 2 aromatic carbocycles. The van der Waals surface area contributed by atoms with Gasteiger partial charge in [0.05, 0.1) is 0 Å². The molecule has 0 aliphatic heterocycles. The van der Waals surface area contributed by atoms with Crippen molar-refractivity contribution in [3.8, 4) is 22.5 Å². The fourth-order valence-corrected chi connectivity index (χ4v) is 6.11. The van der Waals surface area contributed by atoms with Gasteiger partial charge in [-0.05, 0) is 102 Å². The topological polar surface area (TPSA) is 55.6 Å². The second-order valence-corrected chi connectivity index (χ2v) is 10.8. The molecule has 0 saturated heterocycles. The highest BCUT2D eigenvalue weighted by Gasteiger charge is 2.30. The lowest BCUT2D eigenvalue weighted by Gasteiger charge is -2.33. The Balaban J connectivity index is 1.61. The number of benzene rings is 2. The molecule has 0 fully saturated rings. The van der Waals surface area contributed by atoms with E-state index in [2.05, 4.69) is 118 Å². The second kappa shape index (κ2) is 10.5. The van der Waals surface area contributed by atoms with Crippen molar-refractivity contribution in [2.75, 3.05) is 20.6 Å². The van der Waals surface area contributed by atoms with Gasteiger partial charge in [0.2, 0.25) is 0 Å². The van der Waals surface area contributed by atoms with Crippen LogP contribution >= 0.6 is 0 Å². The number of aromatic nitrogens is 2. The number of nitrogens with one attached hydrogen (secondary N) is 4. The Kier molecular flexibility index (Phi) is 7.58. The average Bonchev–Trinajstić information content (AvgIpc) is 3.42. The minimum Gasteiger partial charge on any atom is -0.358 e. The first-order valence-electron chi connectivity index (χ1n) is 13.0. The van der Waals surface area contributed by atoms with E-state index in [0.29, 0.717) is 0 Å². The zero-order valence-electron chi connectivity index (χ0n) is 23.2. The molecule has 190 valence electrons. The van der Waals surface area contributed by atoms with Gasteiger partial charge in [-0.15, -0.1) is 0 Å². The summed E-state index contributed by atoms with van der Waals surface area (Å²) in [6, 6.07) is 18.0. The number of rotatable bonds is 9. The van der Waals surface area contributed by atoms with E-state index < -0.39 is 0 Å². The van der Waals surface area contributed by atoms with Gasteiger partial charge in [-0.25, -0.2) is 0 Å². The van der Waals surface area contributed by atoms with Crippen LogP contribution in [0.5, 0.6) is 0 Å². The summed E-state index contributed by atoms with van der Waals surface area (Å²) in [4.78, 5) is 7.48. The van der Waals surface area contributed by atoms with Crippen LogP contribution < -0.4 is 10.6 Å². The quantitative estimate of drug-likeness (QED) is 0.220. The maximum absolute atomic E-state index is 3.74. The first-order chi connectivity index (χ1) is 17.1. The molecule has 0 aliphatic rings. The van der Waals surface area contributed by atoms with Gasteiger partial charge in [0.1, 0.15) is 0 Å². The zero-order valence-corrected chi connectivity index (χ0v) is 23.2. The molecule has 0 amide bonds. The van der Waals surface area contributed by atoms with E-state index >= 15 is 0 Å². The minimum absolute atomic E-state index is 0.131. The van der Waals surface area contributed by atoms with Crippen molar-refractivity contribution < 1.29 is 0 Å². The Morgan fingerprint density at radius 2 is 1.00 bits per heavy atom. The Morgan fingerprint density at radius 3 is 1.33 bits per heavy atom. The van der Waals surface area contributed by atoms with Gasteiger partial charge in [-0.1, -0.05) is 35.4 Å². The third kappa shape index (κ3) is 5.35. The maximum Gasteiger partial charge on any atom is 0.0461 e. The first kappa shape index (κ1) is 26.0. The lowest BCUT2D eigenvalue weighted by atomic mass is 9.88. The Hall–Kier alpha value is -3.08. The van der Waals surface area contributed by atoms with Crippen LogP contribution in [0.3, 0.4) is 0 Å². The Bertz CT molecular complexity index is 1210. The van der Waals surface area contributed by atoms with Crippen LogP contribution in [0.4, 0.5) is 0 Å². The summed E-state index contributed by atoms with van der Waals surface area (Å²) in [5.74, 6) is 0. The SMILES string of the molecule is CNCC(Cc1ccc(-c2c(C)cc(C)cc2C)[nH]1)(Cc1ccc(-c2c(C)cc(C)cc2C)[nH]1)NC. The van der Waals surface area contributed by atoms with Crippen molar-refractivity contribution in [2.24, 2.45) is 0 Å². The molecule has 0 spiro atoms. The summed E-state index contributed by atoms with van der Waals surface area (Å²) in [5, 5.41) is 7.11. The summed E-state index contributed by atoms with van der Waals surface area (Å²) < 4.78 is 0. The molecule has 4 rings (SSSR count). The van der Waals surface area contributed by atoms with Gasteiger partial charge in [0.15, 0.2) is 0 Å². The van der Waals surface area contributed by atoms with Crippen LogP contribution in [0.15, 0.2) is 48.5 Å². The summed E-state index contributed by atoms with van der Waals surface area (Å²) in [7, 11) is 4.11. The van der Waals surface area contributed by atoms with Crippen LogP contribution in [0.1, 0.15) is 44.8 Å². The van der Waals surface area contributed by atoms with Crippen LogP contribution in [0, 0.1) is 41.5 Å². The predicted octanol–water partition coefficient (Wildman–Crippen LogP) is 6.49. The fourth-order valence-electron chi connectivity index (χ4n) is 6.11. The molecule has 4 N–H and O–H groups in total. The molecule has 0 atom stereocenters. The summed E-state index contributed by atoms with van der Waals surface area (Å²) in [6.07, 6.45) is 1.79. The maximum atomic E-state index is 3.74. The van der Waals surface area contributed by atoms with E-state index in [4.69, 9.17) is 0 Å². The van der Waals surface area contributed by atoms with Crippen molar-refractivity contribution in [1.29, 1.82) is 0 Å². The number of hydrogen-bond acceptors (Lipinski definition) is 2. The lowest BCUT2D eigenvalue weighted by molar-refractivity contribution is 0.328. The molecule has 2 heterocycles. The molecule has 0 bridgehead atoms.